The summed E-state index contributed by atoms with van der Waals surface area (Å²) in [6, 6.07) is 14.4. The highest BCUT2D eigenvalue weighted by molar-refractivity contribution is 9.10. The molecule has 1 heterocycles. The molecule has 2 aromatic carbocycles. The second-order valence-corrected chi connectivity index (χ2v) is 8.11. The standard InChI is InChI=1S/C21H18BrNO3/c1-13(2)21(26)11-20(12-21,14-7-9-15(22)10-8-14)23-18(24)16-5-3-4-6-17(16)19(23)25/h3-10,26H,1,11-12H2,2H3. The Labute approximate surface area is 160 Å². The maximum absolute atomic E-state index is 13.1. The summed E-state index contributed by atoms with van der Waals surface area (Å²) in [5.41, 5.74) is 0.353. The number of nitrogens with zero attached hydrogens (tertiary/aromatic N) is 1. The van der Waals surface area contributed by atoms with E-state index in [1.54, 1.807) is 31.2 Å². The first-order valence-corrected chi connectivity index (χ1v) is 9.20. The summed E-state index contributed by atoms with van der Waals surface area (Å²) in [7, 11) is 0. The van der Waals surface area contributed by atoms with Gasteiger partial charge in [0.1, 0.15) is 0 Å². The zero-order valence-corrected chi connectivity index (χ0v) is 15.9. The van der Waals surface area contributed by atoms with Crippen LogP contribution < -0.4 is 0 Å². The van der Waals surface area contributed by atoms with Crippen molar-refractivity contribution in [2.24, 2.45) is 0 Å². The van der Waals surface area contributed by atoms with Crippen LogP contribution in [0.15, 0.2) is 65.2 Å². The zero-order valence-electron chi connectivity index (χ0n) is 14.3. The zero-order chi connectivity index (χ0) is 18.7. The van der Waals surface area contributed by atoms with Crippen molar-refractivity contribution in [1.82, 2.24) is 4.90 Å². The van der Waals surface area contributed by atoms with Gasteiger partial charge in [0.15, 0.2) is 0 Å². The molecule has 4 nitrogen and oxygen atoms in total. The average Bonchev–Trinajstić information content (AvgIpc) is 2.84. The Bertz CT molecular complexity index is 907. The van der Waals surface area contributed by atoms with E-state index in [4.69, 9.17) is 0 Å². The molecular weight excluding hydrogens is 394 g/mol. The molecule has 26 heavy (non-hydrogen) atoms. The fourth-order valence-electron chi connectivity index (χ4n) is 4.05. The summed E-state index contributed by atoms with van der Waals surface area (Å²) in [5.74, 6) is -0.616. The molecule has 0 bridgehead atoms. The normalized spacial score (nSPS) is 27.3. The average molecular weight is 412 g/mol. The molecule has 1 N–H and O–H groups in total. The SMILES string of the molecule is C=C(C)C1(O)CC(c2ccc(Br)cc2)(N2C(=O)c3ccccc3C2=O)C1. The number of carbonyl (C=O) groups excluding carboxylic acids is 2. The van der Waals surface area contributed by atoms with Gasteiger partial charge in [-0.15, -0.1) is 0 Å². The minimum Gasteiger partial charge on any atom is -0.385 e. The number of halogens is 1. The smallest absolute Gasteiger partial charge is 0.262 e. The predicted molar refractivity (Wildman–Crippen MR) is 102 cm³/mol. The lowest BCUT2D eigenvalue weighted by Crippen LogP contribution is -2.64. The molecule has 2 aliphatic rings. The molecule has 4 rings (SSSR count). The van der Waals surface area contributed by atoms with Gasteiger partial charge in [-0.1, -0.05) is 46.8 Å². The van der Waals surface area contributed by atoms with Gasteiger partial charge in [0.05, 0.1) is 22.3 Å². The van der Waals surface area contributed by atoms with Crippen molar-refractivity contribution in [2.45, 2.75) is 30.9 Å². The van der Waals surface area contributed by atoms with Gasteiger partial charge in [0.2, 0.25) is 0 Å². The summed E-state index contributed by atoms with van der Waals surface area (Å²) >= 11 is 3.42. The summed E-state index contributed by atoms with van der Waals surface area (Å²) in [6.45, 7) is 5.65. The van der Waals surface area contributed by atoms with Crippen LogP contribution in [0.3, 0.4) is 0 Å². The minimum atomic E-state index is -1.08. The minimum absolute atomic E-state index is 0.252. The number of hydrogen-bond donors (Lipinski definition) is 1. The fourth-order valence-corrected chi connectivity index (χ4v) is 4.31. The van der Waals surface area contributed by atoms with E-state index in [1.165, 1.54) is 4.90 Å². The first kappa shape index (κ1) is 17.2. The predicted octanol–water partition coefficient (Wildman–Crippen LogP) is 4.04. The summed E-state index contributed by atoms with van der Waals surface area (Å²) in [5, 5.41) is 10.8. The lowest BCUT2D eigenvalue weighted by molar-refractivity contribution is -0.106. The molecule has 2 aromatic rings. The van der Waals surface area contributed by atoms with Crippen LogP contribution in [0.2, 0.25) is 0 Å². The van der Waals surface area contributed by atoms with E-state index < -0.39 is 11.1 Å². The number of hydrogen-bond acceptors (Lipinski definition) is 3. The first-order chi connectivity index (χ1) is 12.3. The highest BCUT2D eigenvalue weighted by Gasteiger charge is 2.62. The third-order valence-electron chi connectivity index (χ3n) is 5.57. The van der Waals surface area contributed by atoms with Crippen LogP contribution in [0, 0.1) is 0 Å². The Morgan fingerprint density at radius 3 is 2.00 bits per heavy atom. The quantitative estimate of drug-likeness (QED) is 0.612. The number of benzene rings is 2. The van der Waals surface area contributed by atoms with Crippen molar-refractivity contribution in [3.63, 3.8) is 0 Å². The molecule has 0 spiro atoms. The highest BCUT2D eigenvalue weighted by atomic mass is 79.9. The van der Waals surface area contributed by atoms with Crippen LogP contribution in [0.5, 0.6) is 0 Å². The van der Waals surface area contributed by atoms with Gasteiger partial charge in [-0.25, -0.2) is 0 Å². The first-order valence-electron chi connectivity index (χ1n) is 8.41. The molecule has 1 aliphatic heterocycles. The number of aliphatic hydroxyl groups is 1. The van der Waals surface area contributed by atoms with Crippen molar-refractivity contribution in [3.8, 4) is 0 Å². The molecule has 0 aromatic heterocycles. The molecule has 132 valence electrons. The molecule has 2 amide bonds. The van der Waals surface area contributed by atoms with Crippen molar-refractivity contribution in [3.05, 3.63) is 81.8 Å². The number of imide groups is 1. The Morgan fingerprint density at radius 1 is 1.04 bits per heavy atom. The highest BCUT2D eigenvalue weighted by Crippen LogP contribution is 2.56. The van der Waals surface area contributed by atoms with E-state index in [1.807, 2.05) is 24.3 Å². The molecule has 0 unspecified atom stereocenters. The van der Waals surface area contributed by atoms with Crippen LogP contribution in [-0.4, -0.2) is 27.4 Å². The Hall–Kier alpha value is -2.24. The van der Waals surface area contributed by atoms with Gasteiger partial charge in [-0.2, -0.15) is 0 Å². The number of fused-ring (bicyclic) bond motifs is 1. The maximum atomic E-state index is 13.1. The van der Waals surface area contributed by atoms with Crippen LogP contribution in [0.25, 0.3) is 0 Å². The second-order valence-electron chi connectivity index (χ2n) is 7.20. The Kier molecular flexibility index (Phi) is 3.72. The summed E-state index contributed by atoms with van der Waals surface area (Å²) in [4.78, 5) is 27.5. The van der Waals surface area contributed by atoms with E-state index in [0.717, 1.165) is 10.0 Å². The van der Waals surface area contributed by atoms with Gasteiger partial charge in [0, 0.05) is 17.3 Å². The molecule has 0 atom stereocenters. The van der Waals surface area contributed by atoms with Crippen molar-refractivity contribution in [1.29, 1.82) is 0 Å². The second kappa shape index (κ2) is 5.63. The van der Waals surface area contributed by atoms with Crippen LogP contribution >= 0.6 is 15.9 Å². The van der Waals surface area contributed by atoms with E-state index in [0.29, 0.717) is 16.7 Å². The molecule has 1 fully saturated rings. The van der Waals surface area contributed by atoms with Gasteiger partial charge >= 0.3 is 0 Å². The number of amides is 2. The molecule has 0 radical (unpaired) electrons. The van der Waals surface area contributed by atoms with E-state index in [2.05, 4.69) is 22.5 Å². The van der Waals surface area contributed by atoms with Gasteiger partial charge < -0.3 is 5.11 Å². The third-order valence-corrected chi connectivity index (χ3v) is 6.10. The number of rotatable bonds is 3. The topological polar surface area (TPSA) is 57.6 Å². The fraction of sp³-hybridized carbons (Fsp3) is 0.238. The maximum Gasteiger partial charge on any atom is 0.262 e. The van der Waals surface area contributed by atoms with Gasteiger partial charge in [-0.05, 0) is 42.3 Å². The van der Waals surface area contributed by atoms with Crippen LogP contribution in [-0.2, 0) is 5.54 Å². The molecule has 5 heteroatoms. The third kappa shape index (κ3) is 2.24. The Balaban J connectivity index is 1.84. The van der Waals surface area contributed by atoms with Crippen LogP contribution in [0.4, 0.5) is 0 Å². The van der Waals surface area contributed by atoms with E-state index >= 15 is 0 Å². The summed E-state index contributed by atoms with van der Waals surface area (Å²) < 4.78 is 0.910. The molecule has 1 saturated carbocycles. The lowest BCUT2D eigenvalue weighted by Gasteiger charge is -2.57. The largest absolute Gasteiger partial charge is 0.385 e. The lowest BCUT2D eigenvalue weighted by atomic mass is 9.58. The molecule has 1 aliphatic carbocycles. The van der Waals surface area contributed by atoms with Crippen molar-refractivity contribution in [2.75, 3.05) is 0 Å². The Morgan fingerprint density at radius 2 is 1.54 bits per heavy atom. The van der Waals surface area contributed by atoms with Crippen LogP contribution in [0.1, 0.15) is 46.0 Å². The molecule has 0 saturated heterocycles. The van der Waals surface area contributed by atoms with Crippen molar-refractivity contribution >= 4 is 27.7 Å². The monoisotopic (exact) mass is 411 g/mol. The van der Waals surface area contributed by atoms with E-state index in [9.17, 15) is 14.7 Å². The van der Waals surface area contributed by atoms with E-state index in [-0.39, 0.29) is 24.7 Å². The molecular formula is C21H18BrNO3. The number of carbonyl (C=O) groups is 2. The van der Waals surface area contributed by atoms with Crippen molar-refractivity contribution < 1.29 is 14.7 Å². The summed E-state index contributed by atoms with van der Waals surface area (Å²) in [6.07, 6.45) is 0.505. The van der Waals surface area contributed by atoms with Gasteiger partial charge in [0.25, 0.3) is 11.8 Å². The van der Waals surface area contributed by atoms with Gasteiger partial charge in [-0.3, -0.25) is 14.5 Å².